The molecule has 1 aliphatic rings. The number of guanidine groups is 1. The highest BCUT2D eigenvalue weighted by Gasteiger charge is 2.17. The highest BCUT2D eigenvalue weighted by Crippen LogP contribution is 2.21. The van der Waals surface area contributed by atoms with Crippen LogP contribution >= 0.6 is 0 Å². The summed E-state index contributed by atoms with van der Waals surface area (Å²) in [7, 11) is 3.64. The van der Waals surface area contributed by atoms with Crippen molar-refractivity contribution in [1.29, 1.82) is 0 Å². The number of hydrogen-bond donors (Lipinski definition) is 2. The lowest BCUT2D eigenvalue weighted by atomic mass is 9.93. The van der Waals surface area contributed by atoms with Crippen molar-refractivity contribution in [3.8, 4) is 5.75 Å². The Morgan fingerprint density at radius 2 is 2.33 bits per heavy atom. The maximum atomic E-state index is 5.90. The lowest BCUT2D eigenvalue weighted by molar-refractivity contribution is 0.382. The largest absolute Gasteiger partial charge is 0.497 e. The third-order valence-electron chi connectivity index (χ3n) is 4.03. The number of aryl methyl sites for hydroxylation is 1. The van der Waals surface area contributed by atoms with Gasteiger partial charge in [-0.1, -0.05) is 0 Å². The van der Waals surface area contributed by atoms with Gasteiger partial charge in [0.1, 0.15) is 18.1 Å². The predicted octanol–water partition coefficient (Wildman–Crippen LogP) is 1.54. The number of nitrogens with one attached hydrogen (secondary N) is 1. The first-order valence-corrected chi connectivity index (χ1v) is 7.23. The molecule has 0 radical (unpaired) electrons. The summed E-state index contributed by atoms with van der Waals surface area (Å²) in [5.74, 6) is 2.20. The summed E-state index contributed by atoms with van der Waals surface area (Å²) in [5, 5.41) is 3.23. The van der Waals surface area contributed by atoms with E-state index in [1.54, 1.807) is 7.11 Å². The zero-order valence-corrected chi connectivity index (χ0v) is 12.5. The summed E-state index contributed by atoms with van der Waals surface area (Å²) in [6.45, 7) is 0.471. The molecule has 0 bridgehead atoms. The monoisotopic (exact) mass is 287 g/mol. The van der Waals surface area contributed by atoms with E-state index in [-0.39, 0.29) is 0 Å². The van der Waals surface area contributed by atoms with Gasteiger partial charge in [-0.3, -0.25) is 0 Å². The van der Waals surface area contributed by atoms with Crippen LogP contribution in [0.2, 0.25) is 0 Å². The molecular formula is C15H21N5O. The molecule has 2 aromatic rings. The molecule has 6 heteroatoms. The van der Waals surface area contributed by atoms with E-state index in [2.05, 4.69) is 15.3 Å². The Labute approximate surface area is 124 Å². The van der Waals surface area contributed by atoms with Crippen LogP contribution in [0.5, 0.6) is 5.75 Å². The van der Waals surface area contributed by atoms with Gasteiger partial charge in [-0.2, -0.15) is 0 Å². The van der Waals surface area contributed by atoms with Crippen LogP contribution in [-0.4, -0.2) is 28.7 Å². The van der Waals surface area contributed by atoms with Crippen LogP contribution < -0.4 is 15.8 Å². The van der Waals surface area contributed by atoms with Gasteiger partial charge in [0.15, 0.2) is 5.96 Å². The standard InChI is InChI=1S/C15H21N5O/c1-20-13-7-6-11(21-2)8-12(13)19-14(20)9-17-15(16)18-10-4-3-5-10/h6-8,10H,3-5,9H2,1-2H3,(H3,16,17,18). The molecule has 0 amide bonds. The number of nitrogens with two attached hydrogens (primary N) is 1. The lowest BCUT2D eigenvalue weighted by Gasteiger charge is -2.26. The van der Waals surface area contributed by atoms with Gasteiger partial charge in [-0.15, -0.1) is 0 Å². The minimum absolute atomic E-state index is 0.471. The molecule has 0 aliphatic heterocycles. The Morgan fingerprint density at radius 3 is 3.00 bits per heavy atom. The summed E-state index contributed by atoms with van der Waals surface area (Å²) in [6.07, 6.45) is 3.64. The van der Waals surface area contributed by atoms with E-state index in [9.17, 15) is 0 Å². The normalized spacial score (nSPS) is 16.0. The number of aromatic nitrogens is 2. The third-order valence-corrected chi connectivity index (χ3v) is 4.03. The molecular weight excluding hydrogens is 266 g/mol. The predicted molar refractivity (Wildman–Crippen MR) is 83.4 cm³/mol. The quantitative estimate of drug-likeness (QED) is 0.660. The van der Waals surface area contributed by atoms with Gasteiger partial charge in [0.2, 0.25) is 0 Å². The van der Waals surface area contributed by atoms with Crippen LogP contribution in [0.1, 0.15) is 25.1 Å². The van der Waals surface area contributed by atoms with Crippen LogP contribution in [0, 0.1) is 0 Å². The molecule has 112 valence electrons. The molecule has 0 spiro atoms. The second-order valence-corrected chi connectivity index (χ2v) is 5.42. The van der Waals surface area contributed by atoms with Crippen molar-refractivity contribution in [2.45, 2.75) is 31.8 Å². The number of imidazole rings is 1. The number of fused-ring (bicyclic) bond motifs is 1. The van der Waals surface area contributed by atoms with Crippen molar-refractivity contribution in [2.75, 3.05) is 7.11 Å². The van der Waals surface area contributed by atoms with Crippen molar-refractivity contribution in [3.05, 3.63) is 24.0 Å². The Hall–Kier alpha value is -2.24. The molecule has 6 nitrogen and oxygen atoms in total. The Balaban J connectivity index is 1.76. The van der Waals surface area contributed by atoms with Crippen LogP contribution in [0.4, 0.5) is 0 Å². The average molecular weight is 287 g/mol. The number of rotatable bonds is 4. The Bertz CT molecular complexity index is 672. The lowest BCUT2D eigenvalue weighted by Crippen LogP contribution is -2.43. The molecule has 0 unspecified atom stereocenters. The number of aliphatic imine (C=N–C) groups is 1. The number of methoxy groups -OCH3 is 1. The minimum Gasteiger partial charge on any atom is -0.497 e. The van der Waals surface area contributed by atoms with Gasteiger partial charge in [0.25, 0.3) is 0 Å². The Kier molecular flexibility index (Phi) is 3.68. The van der Waals surface area contributed by atoms with Gasteiger partial charge in [-0.25, -0.2) is 9.98 Å². The molecule has 1 fully saturated rings. The first-order valence-electron chi connectivity index (χ1n) is 7.23. The number of ether oxygens (including phenoxy) is 1. The molecule has 3 rings (SSSR count). The average Bonchev–Trinajstić information content (AvgIpc) is 2.76. The maximum Gasteiger partial charge on any atom is 0.189 e. The zero-order valence-electron chi connectivity index (χ0n) is 12.5. The van der Waals surface area contributed by atoms with E-state index in [0.29, 0.717) is 18.5 Å². The highest BCUT2D eigenvalue weighted by molar-refractivity contribution is 5.79. The van der Waals surface area contributed by atoms with Crippen LogP contribution in [0.15, 0.2) is 23.2 Å². The second-order valence-electron chi connectivity index (χ2n) is 5.42. The smallest absolute Gasteiger partial charge is 0.189 e. The first kappa shape index (κ1) is 13.7. The van der Waals surface area contributed by atoms with Crippen LogP contribution in [-0.2, 0) is 13.6 Å². The van der Waals surface area contributed by atoms with E-state index in [4.69, 9.17) is 10.5 Å². The maximum absolute atomic E-state index is 5.90. The zero-order chi connectivity index (χ0) is 14.8. The van der Waals surface area contributed by atoms with Gasteiger partial charge in [0.05, 0.1) is 18.1 Å². The SMILES string of the molecule is COc1ccc2c(c1)nc(CN=C(N)NC1CCC1)n2C. The van der Waals surface area contributed by atoms with Gasteiger partial charge < -0.3 is 20.4 Å². The second kappa shape index (κ2) is 5.63. The first-order chi connectivity index (χ1) is 10.2. The van der Waals surface area contributed by atoms with Crippen LogP contribution in [0.25, 0.3) is 11.0 Å². The van der Waals surface area contributed by atoms with Crippen molar-refractivity contribution < 1.29 is 4.74 Å². The summed E-state index contributed by atoms with van der Waals surface area (Å²) >= 11 is 0. The third kappa shape index (κ3) is 2.79. The van der Waals surface area contributed by atoms with Crippen molar-refractivity contribution in [1.82, 2.24) is 14.9 Å². The molecule has 1 saturated carbocycles. The minimum atomic E-state index is 0.471. The fourth-order valence-electron chi connectivity index (χ4n) is 2.46. The van der Waals surface area contributed by atoms with Gasteiger partial charge in [-0.05, 0) is 31.4 Å². The molecule has 1 aromatic carbocycles. The molecule has 3 N–H and O–H groups in total. The summed E-state index contributed by atoms with van der Waals surface area (Å²) < 4.78 is 7.26. The summed E-state index contributed by atoms with van der Waals surface area (Å²) in [6, 6.07) is 6.37. The topological polar surface area (TPSA) is 77.5 Å². The van der Waals surface area contributed by atoms with Crippen LogP contribution in [0.3, 0.4) is 0 Å². The molecule has 1 heterocycles. The number of nitrogens with zero attached hydrogens (tertiary/aromatic N) is 3. The number of benzene rings is 1. The highest BCUT2D eigenvalue weighted by atomic mass is 16.5. The van der Waals surface area contributed by atoms with Gasteiger partial charge >= 0.3 is 0 Å². The summed E-state index contributed by atoms with van der Waals surface area (Å²) in [4.78, 5) is 8.98. The molecule has 0 saturated heterocycles. The number of hydrogen-bond acceptors (Lipinski definition) is 3. The van der Waals surface area contributed by atoms with E-state index in [0.717, 1.165) is 22.6 Å². The van der Waals surface area contributed by atoms with Crippen molar-refractivity contribution in [2.24, 2.45) is 17.8 Å². The molecule has 1 aliphatic carbocycles. The van der Waals surface area contributed by atoms with E-state index in [1.165, 1.54) is 19.3 Å². The van der Waals surface area contributed by atoms with Crippen molar-refractivity contribution in [3.63, 3.8) is 0 Å². The molecule has 21 heavy (non-hydrogen) atoms. The van der Waals surface area contributed by atoms with E-state index in [1.807, 2.05) is 29.8 Å². The Morgan fingerprint density at radius 1 is 1.52 bits per heavy atom. The fraction of sp³-hybridized carbons (Fsp3) is 0.467. The molecule has 1 aromatic heterocycles. The van der Waals surface area contributed by atoms with Gasteiger partial charge in [0, 0.05) is 19.2 Å². The van der Waals surface area contributed by atoms with Crippen molar-refractivity contribution >= 4 is 17.0 Å². The summed E-state index contributed by atoms with van der Waals surface area (Å²) in [5.41, 5.74) is 7.88. The fourth-order valence-corrected chi connectivity index (χ4v) is 2.46. The molecule has 0 atom stereocenters. The van der Waals surface area contributed by atoms with E-state index < -0.39 is 0 Å². The van der Waals surface area contributed by atoms with E-state index >= 15 is 0 Å².